The van der Waals surface area contributed by atoms with E-state index in [9.17, 15) is 0 Å². The Morgan fingerprint density at radius 2 is 1.61 bits per heavy atom. The lowest BCUT2D eigenvalue weighted by Gasteiger charge is -2.43. The number of hydrogen-bond donors (Lipinski definition) is 1. The van der Waals surface area contributed by atoms with Crippen LogP contribution < -0.4 is 5.32 Å². The van der Waals surface area contributed by atoms with Crippen molar-refractivity contribution in [3.63, 3.8) is 0 Å². The van der Waals surface area contributed by atoms with Gasteiger partial charge in [0.2, 0.25) is 0 Å². The van der Waals surface area contributed by atoms with Crippen molar-refractivity contribution >= 4 is 0 Å². The van der Waals surface area contributed by atoms with Crippen LogP contribution in [0.25, 0.3) is 0 Å². The maximum Gasteiger partial charge on any atom is 0.00723 e. The average molecular weight is 251 g/mol. The quantitative estimate of drug-likeness (QED) is 0.777. The van der Waals surface area contributed by atoms with Crippen LogP contribution in [-0.4, -0.2) is 12.6 Å². The fraction of sp³-hybridized carbons (Fsp3) is 1.00. The number of rotatable bonds is 4. The summed E-state index contributed by atoms with van der Waals surface area (Å²) in [7, 11) is 0. The Morgan fingerprint density at radius 1 is 0.889 bits per heavy atom. The van der Waals surface area contributed by atoms with E-state index >= 15 is 0 Å². The minimum absolute atomic E-state index is 0.813. The van der Waals surface area contributed by atoms with Gasteiger partial charge in [0.05, 0.1) is 0 Å². The monoisotopic (exact) mass is 251 g/mol. The zero-order valence-corrected chi connectivity index (χ0v) is 12.9. The van der Waals surface area contributed by atoms with E-state index in [1.807, 2.05) is 0 Å². The van der Waals surface area contributed by atoms with Crippen molar-refractivity contribution < 1.29 is 0 Å². The Bertz CT molecular complexity index is 220. The van der Waals surface area contributed by atoms with Gasteiger partial charge in [0.15, 0.2) is 0 Å². The Morgan fingerprint density at radius 3 is 2.28 bits per heavy atom. The minimum Gasteiger partial charge on any atom is -0.314 e. The Labute approximate surface area is 114 Å². The van der Waals surface area contributed by atoms with Crippen molar-refractivity contribution in [2.24, 2.45) is 29.6 Å². The van der Waals surface area contributed by atoms with E-state index < -0.39 is 0 Å². The van der Waals surface area contributed by atoms with E-state index in [-0.39, 0.29) is 0 Å². The van der Waals surface area contributed by atoms with Crippen LogP contribution in [0.4, 0.5) is 0 Å². The molecular formula is C17H33N. The summed E-state index contributed by atoms with van der Waals surface area (Å²) >= 11 is 0. The third-order valence-corrected chi connectivity index (χ3v) is 5.07. The first-order chi connectivity index (χ1) is 8.54. The van der Waals surface area contributed by atoms with Crippen molar-refractivity contribution in [2.75, 3.05) is 6.54 Å². The van der Waals surface area contributed by atoms with Gasteiger partial charge in [-0.3, -0.25) is 0 Å². The molecule has 2 fully saturated rings. The Balaban J connectivity index is 1.80. The predicted octanol–water partition coefficient (Wildman–Crippen LogP) is 4.47. The summed E-state index contributed by atoms with van der Waals surface area (Å²) in [5.41, 5.74) is 0. The molecule has 1 heterocycles. The third-order valence-electron chi connectivity index (χ3n) is 5.07. The summed E-state index contributed by atoms with van der Waals surface area (Å²) in [4.78, 5) is 0. The summed E-state index contributed by atoms with van der Waals surface area (Å²) in [6.45, 7) is 10.8. The molecule has 0 amide bonds. The smallest absolute Gasteiger partial charge is 0.00723 e. The highest BCUT2D eigenvalue weighted by molar-refractivity contribution is 4.89. The Kier molecular flexibility index (Phi) is 5.12. The molecule has 1 saturated heterocycles. The molecule has 0 radical (unpaired) electrons. The second-order valence-corrected chi connectivity index (χ2v) is 7.80. The summed E-state index contributed by atoms with van der Waals surface area (Å²) in [5, 5.41) is 3.82. The maximum atomic E-state index is 3.82. The first-order valence-corrected chi connectivity index (χ1v) is 8.28. The van der Waals surface area contributed by atoms with E-state index in [2.05, 4.69) is 33.0 Å². The van der Waals surface area contributed by atoms with Gasteiger partial charge in [0.25, 0.3) is 0 Å². The predicted molar refractivity (Wildman–Crippen MR) is 79.6 cm³/mol. The van der Waals surface area contributed by atoms with Crippen molar-refractivity contribution in [3.8, 4) is 0 Å². The second-order valence-electron chi connectivity index (χ2n) is 7.80. The van der Waals surface area contributed by atoms with Crippen molar-refractivity contribution in [2.45, 2.75) is 72.3 Å². The normalized spacial score (nSPS) is 37.0. The number of hydrogen-bond acceptors (Lipinski definition) is 1. The summed E-state index contributed by atoms with van der Waals surface area (Å²) in [5.74, 6) is 4.78. The molecule has 1 N–H and O–H groups in total. The lowest BCUT2D eigenvalue weighted by atomic mass is 9.68. The molecule has 0 spiro atoms. The molecule has 4 unspecified atom stereocenters. The van der Waals surface area contributed by atoms with Crippen molar-refractivity contribution in [1.82, 2.24) is 5.32 Å². The fourth-order valence-corrected chi connectivity index (χ4v) is 4.38. The zero-order valence-electron chi connectivity index (χ0n) is 12.9. The highest BCUT2D eigenvalue weighted by Crippen LogP contribution is 2.41. The van der Waals surface area contributed by atoms with Crippen LogP contribution in [-0.2, 0) is 0 Å². The van der Waals surface area contributed by atoms with Crippen LogP contribution in [0.1, 0.15) is 66.2 Å². The van der Waals surface area contributed by atoms with Gasteiger partial charge in [0.1, 0.15) is 0 Å². The lowest BCUT2D eigenvalue weighted by Crippen LogP contribution is -2.46. The summed E-state index contributed by atoms with van der Waals surface area (Å²) in [6.07, 6.45) is 8.81. The molecule has 18 heavy (non-hydrogen) atoms. The minimum atomic E-state index is 0.813. The summed E-state index contributed by atoms with van der Waals surface area (Å²) in [6, 6.07) is 0.813. The molecule has 106 valence electrons. The van der Waals surface area contributed by atoms with E-state index in [1.165, 1.54) is 45.1 Å². The van der Waals surface area contributed by atoms with Gasteiger partial charge in [-0.15, -0.1) is 0 Å². The fourth-order valence-electron chi connectivity index (χ4n) is 4.38. The summed E-state index contributed by atoms with van der Waals surface area (Å²) < 4.78 is 0. The molecule has 4 atom stereocenters. The van der Waals surface area contributed by atoms with Gasteiger partial charge in [-0.2, -0.15) is 0 Å². The molecule has 1 aliphatic carbocycles. The largest absolute Gasteiger partial charge is 0.314 e. The number of piperidine rings is 1. The molecular weight excluding hydrogens is 218 g/mol. The highest BCUT2D eigenvalue weighted by atomic mass is 14.9. The molecule has 0 aromatic rings. The topological polar surface area (TPSA) is 12.0 Å². The Hall–Kier alpha value is -0.0400. The second kappa shape index (κ2) is 6.41. The lowest BCUT2D eigenvalue weighted by molar-refractivity contribution is 0.104. The van der Waals surface area contributed by atoms with Crippen LogP contribution >= 0.6 is 0 Å². The highest BCUT2D eigenvalue weighted by Gasteiger charge is 2.35. The first kappa shape index (κ1) is 14.4. The van der Waals surface area contributed by atoms with Crippen LogP contribution in [0, 0.1) is 29.6 Å². The van der Waals surface area contributed by atoms with Crippen LogP contribution in [0.5, 0.6) is 0 Å². The molecule has 0 aromatic heterocycles. The molecule has 2 aliphatic rings. The molecule has 1 heteroatoms. The van der Waals surface area contributed by atoms with Gasteiger partial charge in [0, 0.05) is 6.04 Å². The van der Waals surface area contributed by atoms with E-state index in [1.54, 1.807) is 0 Å². The first-order valence-electron chi connectivity index (χ1n) is 8.28. The third kappa shape index (κ3) is 3.98. The van der Waals surface area contributed by atoms with E-state index in [0.717, 1.165) is 35.6 Å². The van der Waals surface area contributed by atoms with Crippen molar-refractivity contribution in [1.29, 1.82) is 0 Å². The van der Waals surface area contributed by atoms with Crippen LogP contribution in [0.15, 0.2) is 0 Å². The molecule has 1 saturated carbocycles. The molecule has 2 rings (SSSR count). The van der Waals surface area contributed by atoms with Gasteiger partial charge >= 0.3 is 0 Å². The van der Waals surface area contributed by atoms with Gasteiger partial charge in [-0.1, -0.05) is 34.1 Å². The molecule has 0 bridgehead atoms. The molecule has 1 nitrogen and oxygen atoms in total. The zero-order chi connectivity index (χ0) is 13.1. The molecule has 1 aliphatic heterocycles. The van der Waals surface area contributed by atoms with Crippen LogP contribution in [0.2, 0.25) is 0 Å². The average Bonchev–Trinajstić information content (AvgIpc) is 2.27. The van der Waals surface area contributed by atoms with Crippen molar-refractivity contribution in [3.05, 3.63) is 0 Å². The number of fused-ring (bicyclic) bond motifs is 1. The van der Waals surface area contributed by atoms with Gasteiger partial charge < -0.3 is 5.32 Å². The maximum absolute atomic E-state index is 3.82. The van der Waals surface area contributed by atoms with Gasteiger partial charge in [-0.05, 0) is 68.2 Å². The van der Waals surface area contributed by atoms with Crippen LogP contribution in [0.3, 0.4) is 0 Å². The van der Waals surface area contributed by atoms with E-state index in [4.69, 9.17) is 0 Å². The number of nitrogens with one attached hydrogen (secondary N) is 1. The van der Waals surface area contributed by atoms with Gasteiger partial charge in [-0.25, -0.2) is 0 Å². The molecule has 0 aromatic carbocycles. The standard InChI is InChI=1S/C17H33N/c1-12(2)7-14-5-6-15-10-17(8-13(3)4)18-11-16(15)9-14/h12-18H,5-11H2,1-4H3. The van der Waals surface area contributed by atoms with E-state index in [0.29, 0.717) is 0 Å². The SMILES string of the molecule is CC(C)CC1CCC2CC(CC(C)C)NCC2C1.